The van der Waals surface area contributed by atoms with Gasteiger partial charge in [0.1, 0.15) is 6.10 Å². The van der Waals surface area contributed by atoms with Gasteiger partial charge in [0, 0.05) is 13.0 Å². The van der Waals surface area contributed by atoms with Gasteiger partial charge in [0.05, 0.1) is 12.1 Å². The zero-order valence-electron chi connectivity index (χ0n) is 14.1. The molecule has 0 bridgehead atoms. The van der Waals surface area contributed by atoms with Crippen LogP contribution in [0.15, 0.2) is 18.4 Å². The maximum atomic E-state index is 11.7. The Bertz CT molecular complexity index is 412. The maximum Gasteiger partial charge on any atom is 0.303 e. The zero-order chi connectivity index (χ0) is 16.2. The van der Waals surface area contributed by atoms with E-state index in [9.17, 15) is 4.79 Å². The second kappa shape index (κ2) is 7.26. The molecular weight excluding hydrogens is 266 g/mol. The highest BCUT2D eigenvalue weighted by Gasteiger charge is 2.58. The third kappa shape index (κ3) is 3.76. The molecule has 21 heavy (non-hydrogen) atoms. The molecule has 1 fully saturated rings. The minimum absolute atomic E-state index is 0.00801. The SMILES string of the molecule is C=C=C[C@]1(OC(C)=O)[C@H](C(C)C)O[C@H](CC(C)C)[C@@H]1NC. The van der Waals surface area contributed by atoms with Crippen molar-refractivity contribution in [2.24, 2.45) is 11.8 Å². The smallest absolute Gasteiger partial charge is 0.303 e. The van der Waals surface area contributed by atoms with Gasteiger partial charge in [-0.05, 0) is 25.3 Å². The Morgan fingerprint density at radius 1 is 1.48 bits per heavy atom. The van der Waals surface area contributed by atoms with Crippen LogP contribution in [0.2, 0.25) is 0 Å². The molecule has 0 spiro atoms. The summed E-state index contributed by atoms with van der Waals surface area (Å²) in [4.78, 5) is 11.7. The van der Waals surface area contributed by atoms with Crippen LogP contribution in [-0.4, -0.2) is 36.9 Å². The fourth-order valence-electron chi connectivity index (χ4n) is 3.32. The molecule has 0 aromatic heterocycles. The summed E-state index contributed by atoms with van der Waals surface area (Å²) < 4.78 is 12.0. The molecule has 120 valence electrons. The monoisotopic (exact) mass is 295 g/mol. The van der Waals surface area contributed by atoms with Gasteiger partial charge in [-0.25, -0.2) is 0 Å². The van der Waals surface area contributed by atoms with Gasteiger partial charge < -0.3 is 14.8 Å². The predicted molar refractivity (Wildman–Crippen MR) is 84.0 cm³/mol. The largest absolute Gasteiger partial charge is 0.450 e. The van der Waals surface area contributed by atoms with Crippen molar-refractivity contribution >= 4 is 5.97 Å². The lowest BCUT2D eigenvalue weighted by Crippen LogP contribution is -2.56. The van der Waals surface area contributed by atoms with Crippen LogP contribution in [-0.2, 0) is 14.3 Å². The molecule has 0 radical (unpaired) electrons. The summed E-state index contributed by atoms with van der Waals surface area (Å²) in [6, 6.07) is -0.106. The number of esters is 1. The normalized spacial score (nSPS) is 32.3. The van der Waals surface area contributed by atoms with E-state index in [2.05, 4.69) is 45.3 Å². The summed E-state index contributed by atoms with van der Waals surface area (Å²) in [6.07, 6.45) is 2.44. The lowest BCUT2D eigenvalue weighted by atomic mass is 9.81. The van der Waals surface area contributed by atoms with Gasteiger partial charge in [0.25, 0.3) is 0 Å². The van der Waals surface area contributed by atoms with E-state index in [1.54, 1.807) is 6.08 Å². The minimum Gasteiger partial charge on any atom is -0.450 e. The number of carbonyl (C=O) groups excluding carboxylic acids is 1. The molecule has 1 rings (SSSR count). The first kappa shape index (κ1) is 18.0. The molecule has 4 nitrogen and oxygen atoms in total. The first-order valence-electron chi connectivity index (χ1n) is 7.67. The van der Waals surface area contributed by atoms with Gasteiger partial charge in [-0.15, -0.1) is 5.73 Å². The number of nitrogens with one attached hydrogen (secondary N) is 1. The Hall–Kier alpha value is -1.09. The minimum atomic E-state index is -0.851. The molecule has 1 aliphatic rings. The fraction of sp³-hybridized carbons (Fsp3) is 0.765. The van der Waals surface area contributed by atoms with Crippen LogP contribution >= 0.6 is 0 Å². The molecule has 1 aliphatic heterocycles. The van der Waals surface area contributed by atoms with Crippen LogP contribution in [0.3, 0.4) is 0 Å². The molecule has 4 heteroatoms. The average Bonchev–Trinajstić information content (AvgIpc) is 2.61. The number of hydrogen-bond acceptors (Lipinski definition) is 4. The Morgan fingerprint density at radius 2 is 2.10 bits per heavy atom. The molecule has 0 aromatic rings. The molecule has 0 aromatic carbocycles. The van der Waals surface area contributed by atoms with Crippen LogP contribution < -0.4 is 5.32 Å². The molecular formula is C17H29NO3. The number of likely N-dealkylation sites (N-methyl/N-ethyl adjacent to an activating group) is 1. The Balaban J connectivity index is 3.29. The first-order chi connectivity index (χ1) is 9.78. The highest BCUT2D eigenvalue weighted by molar-refractivity contribution is 5.67. The second-order valence-electron chi connectivity index (χ2n) is 6.53. The fourth-order valence-corrected chi connectivity index (χ4v) is 3.32. The van der Waals surface area contributed by atoms with Crippen LogP contribution in [0, 0.1) is 11.8 Å². The third-order valence-electron chi connectivity index (χ3n) is 3.89. The summed E-state index contributed by atoms with van der Waals surface area (Å²) in [5.41, 5.74) is 1.96. The van der Waals surface area contributed by atoms with E-state index >= 15 is 0 Å². The quantitative estimate of drug-likeness (QED) is 0.604. The number of rotatable bonds is 6. The van der Waals surface area contributed by atoms with E-state index in [1.165, 1.54) is 6.92 Å². The molecule has 0 amide bonds. The number of hydrogen-bond donors (Lipinski definition) is 1. The topological polar surface area (TPSA) is 47.6 Å². The average molecular weight is 295 g/mol. The number of carbonyl (C=O) groups is 1. The molecule has 0 unspecified atom stereocenters. The molecule has 0 aliphatic carbocycles. The lowest BCUT2D eigenvalue weighted by molar-refractivity contribution is -0.160. The van der Waals surface area contributed by atoms with Crippen molar-refractivity contribution in [2.45, 2.75) is 64.9 Å². The molecule has 0 saturated carbocycles. The first-order valence-corrected chi connectivity index (χ1v) is 7.67. The van der Waals surface area contributed by atoms with E-state index in [1.807, 2.05) is 7.05 Å². The van der Waals surface area contributed by atoms with Crippen molar-refractivity contribution in [2.75, 3.05) is 7.05 Å². The van der Waals surface area contributed by atoms with Crippen molar-refractivity contribution in [1.82, 2.24) is 5.32 Å². The van der Waals surface area contributed by atoms with Gasteiger partial charge in [-0.2, -0.15) is 0 Å². The van der Waals surface area contributed by atoms with Gasteiger partial charge in [-0.3, -0.25) is 4.79 Å². The summed E-state index contributed by atoms with van der Waals surface area (Å²) in [5, 5.41) is 3.28. The van der Waals surface area contributed by atoms with Gasteiger partial charge >= 0.3 is 5.97 Å². The summed E-state index contributed by atoms with van der Waals surface area (Å²) in [6.45, 7) is 13.6. The molecule has 1 heterocycles. The van der Waals surface area contributed by atoms with Crippen molar-refractivity contribution in [3.63, 3.8) is 0 Å². The van der Waals surface area contributed by atoms with Crippen molar-refractivity contribution in [3.05, 3.63) is 18.4 Å². The van der Waals surface area contributed by atoms with Crippen molar-refractivity contribution in [3.8, 4) is 0 Å². The summed E-state index contributed by atoms with van der Waals surface area (Å²) >= 11 is 0. The third-order valence-corrected chi connectivity index (χ3v) is 3.89. The van der Waals surface area contributed by atoms with E-state index in [0.717, 1.165) is 6.42 Å². The Kier molecular flexibility index (Phi) is 6.21. The van der Waals surface area contributed by atoms with E-state index < -0.39 is 5.60 Å². The van der Waals surface area contributed by atoms with Crippen molar-refractivity contribution in [1.29, 1.82) is 0 Å². The molecule has 1 saturated heterocycles. The summed E-state index contributed by atoms with van der Waals surface area (Å²) in [5.74, 6) is 0.391. The second-order valence-corrected chi connectivity index (χ2v) is 6.53. The van der Waals surface area contributed by atoms with Gasteiger partial charge in [-0.1, -0.05) is 34.3 Å². The Morgan fingerprint density at radius 3 is 2.48 bits per heavy atom. The maximum absolute atomic E-state index is 11.7. The van der Waals surface area contributed by atoms with E-state index in [-0.39, 0.29) is 30.1 Å². The van der Waals surface area contributed by atoms with Crippen LogP contribution in [0.5, 0.6) is 0 Å². The van der Waals surface area contributed by atoms with E-state index in [0.29, 0.717) is 5.92 Å². The molecule has 4 atom stereocenters. The zero-order valence-corrected chi connectivity index (χ0v) is 14.1. The molecule has 1 N–H and O–H groups in total. The predicted octanol–water partition coefficient (Wildman–Crippen LogP) is 2.69. The van der Waals surface area contributed by atoms with Gasteiger partial charge in [0.15, 0.2) is 5.60 Å². The number of ether oxygens (including phenoxy) is 2. The van der Waals surface area contributed by atoms with E-state index in [4.69, 9.17) is 9.47 Å². The summed E-state index contributed by atoms with van der Waals surface area (Å²) in [7, 11) is 1.87. The van der Waals surface area contributed by atoms with Crippen LogP contribution in [0.1, 0.15) is 41.0 Å². The van der Waals surface area contributed by atoms with Gasteiger partial charge in [0.2, 0.25) is 0 Å². The Labute approximate surface area is 128 Å². The van der Waals surface area contributed by atoms with Crippen LogP contribution in [0.25, 0.3) is 0 Å². The highest BCUT2D eigenvalue weighted by Crippen LogP contribution is 2.41. The highest BCUT2D eigenvalue weighted by atomic mass is 16.6. The van der Waals surface area contributed by atoms with Crippen LogP contribution in [0.4, 0.5) is 0 Å². The van der Waals surface area contributed by atoms with Crippen molar-refractivity contribution < 1.29 is 14.3 Å². The standard InChI is InChI=1S/C17H29NO3/c1-8-9-17(21-13(6)19)15(18-7)14(10-11(2)3)20-16(17)12(4)5/h9,11-12,14-16,18H,1,10H2,2-7H3/t14-,15+,16+,17-/m1/s1. The lowest BCUT2D eigenvalue weighted by Gasteiger charge is -2.36.